The lowest BCUT2D eigenvalue weighted by Crippen LogP contribution is -2.35. The molecule has 3 aromatic carbocycles. The van der Waals surface area contributed by atoms with Gasteiger partial charge in [0.2, 0.25) is 12.5 Å². The SMILES string of the molecule is COc1ccccc1NC(=O)c1cccc(-n2nnnc2C2c3c(cc4c(c3OC)OCO4)CCN2C)c1. The van der Waals surface area contributed by atoms with Crippen LogP contribution in [0.1, 0.15) is 33.4 Å². The fourth-order valence-corrected chi connectivity index (χ4v) is 5.03. The molecule has 1 atom stereocenters. The molecule has 4 aromatic rings. The Balaban J connectivity index is 1.38. The normalized spacial score (nSPS) is 16.1. The van der Waals surface area contributed by atoms with Gasteiger partial charge in [0.15, 0.2) is 17.3 Å². The van der Waals surface area contributed by atoms with E-state index in [9.17, 15) is 4.79 Å². The van der Waals surface area contributed by atoms with Gasteiger partial charge in [-0.15, -0.1) is 5.10 Å². The van der Waals surface area contributed by atoms with E-state index in [-0.39, 0.29) is 18.7 Å². The van der Waals surface area contributed by atoms with Gasteiger partial charge in [-0.2, -0.15) is 4.68 Å². The molecule has 2 aliphatic heterocycles. The Kier molecular flexibility index (Phi) is 6.04. The third kappa shape index (κ3) is 3.97. The molecule has 0 saturated carbocycles. The Labute approximate surface area is 218 Å². The number of methoxy groups -OCH3 is 2. The van der Waals surface area contributed by atoms with Crippen molar-refractivity contribution in [2.75, 3.05) is 39.9 Å². The van der Waals surface area contributed by atoms with Crippen LogP contribution in [0.3, 0.4) is 0 Å². The summed E-state index contributed by atoms with van der Waals surface area (Å²) in [5.74, 6) is 2.77. The zero-order valence-electron chi connectivity index (χ0n) is 21.2. The Bertz CT molecular complexity index is 1520. The summed E-state index contributed by atoms with van der Waals surface area (Å²) in [6.45, 7) is 0.936. The molecule has 0 saturated heterocycles. The number of fused-ring (bicyclic) bond motifs is 2. The Morgan fingerprint density at radius 1 is 1.08 bits per heavy atom. The number of hydrogen-bond donors (Lipinski definition) is 1. The Hall–Kier alpha value is -4.64. The van der Waals surface area contributed by atoms with E-state index in [0.717, 1.165) is 24.1 Å². The van der Waals surface area contributed by atoms with Gasteiger partial charge in [-0.1, -0.05) is 18.2 Å². The average molecular weight is 515 g/mol. The molecule has 38 heavy (non-hydrogen) atoms. The fraction of sp³-hybridized carbons (Fsp3) is 0.259. The summed E-state index contributed by atoms with van der Waals surface area (Å²) < 4.78 is 24.2. The number of aromatic nitrogens is 4. The first kappa shape index (κ1) is 23.7. The molecular weight excluding hydrogens is 488 g/mol. The van der Waals surface area contributed by atoms with Crippen LogP contribution in [0.4, 0.5) is 5.69 Å². The smallest absolute Gasteiger partial charge is 0.255 e. The number of rotatable bonds is 6. The number of ether oxygens (including phenoxy) is 4. The second-order valence-electron chi connectivity index (χ2n) is 9.00. The number of nitrogens with one attached hydrogen (secondary N) is 1. The number of carbonyl (C=O) groups is 1. The van der Waals surface area contributed by atoms with Gasteiger partial charge in [0.05, 0.1) is 25.6 Å². The highest BCUT2D eigenvalue weighted by molar-refractivity contribution is 6.05. The van der Waals surface area contributed by atoms with Gasteiger partial charge in [0, 0.05) is 17.7 Å². The number of tetrazole rings is 1. The van der Waals surface area contributed by atoms with Gasteiger partial charge >= 0.3 is 0 Å². The lowest BCUT2D eigenvalue weighted by Gasteiger charge is -2.34. The van der Waals surface area contributed by atoms with Crippen molar-refractivity contribution in [1.29, 1.82) is 0 Å². The lowest BCUT2D eigenvalue weighted by molar-refractivity contribution is 0.102. The van der Waals surface area contributed by atoms with Crippen molar-refractivity contribution in [2.24, 2.45) is 0 Å². The molecule has 6 rings (SSSR count). The maximum Gasteiger partial charge on any atom is 0.255 e. The first-order chi connectivity index (χ1) is 18.6. The van der Waals surface area contributed by atoms with E-state index < -0.39 is 0 Å². The first-order valence-electron chi connectivity index (χ1n) is 12.1. The highest BCUT2D eigenvalue weighted by atomic mass is 16.7. The van der Waals surface area contributed by atoms with Crippen LogP contribution < -0.4 is 24.3 Å². The van der Waals surface area contributed by atoms with Crippen molar-refractivity contribution in [3.63, 3.8) is 0 Å². The fourth-order valence-electron chi connectivity index (χ4n) is 5.03. The highest BCUT2D eigenvalue weighted by Gasteiger charge is 2.37. The molecule has 0 spiro atoms. The van der Waals surface area contributed by atoms with Crippen LogP contribution in [0.15, 0.2) is 54.6 Å². The summed E-state index contributed by atoms with van der Waals surface area (Å²) >= 11 is 0. The zero-order chi connectivity index (χ0) is 26.2. The summed E-state index contributed by atoms with van der Waals surface area (Å²) in [5, 5.41) is 15.6. The van der Waals surface area contributed by atoms with E-state index in [1.54, 1.807) is 49.2 Å². The van der Waals surface area contributed by atoms with E-state index in [2.05, 4.69) is 25.7 Å². The van der Waals surface area contributed by atoms with Crippen LogP contribution in [0, 0.1) is 0 Å². The van der Waals surface area contributed by atoms with Crippen LogP contribution in [0.2, 0.25) is 0 Å². The molecule has 3 heterocycles. The lowest BCUT2D eigenvalue weighted by atomic mass is 9.90. The second kappa shape index (κ2) is 9.67. The number of amides is 1. The summed E-state index contributed by atoms with van der Waals surface area (Å²) in [6, 6.07) is 16.1. The van der Waals surface area contributed by atoms with Crippen molar-refractivity contribution in [2.45, 2.75) is 12.5 Å². The molecule has 1 unspecified atom stereocenters. The maximum absolute atomic E-state index is 13.1. The van der Waals surface area contributed by atoms with Gasteiger partial charge in [-0.05, 0) is 65.9 Å². The van der Waals surface area contributed by atoms with E-state index in [4.69, 9.17) is 18.9 Å². The number of benzene rings is 3. The maximum atomic E-state index is 13.1. The standard InChI is InChI=1S/C27H26N6O5/c1-32-12-11-16-14-21-24(38-15-37-21)25(36-3)22(16)23(32)26-29-30-31-33(26)18-8-6-7-17(13-18)27(34)28-19-9-4-5-10-20(19)35-2/h4-10,13-14,23H,11-12,15H2,1-3H3,(H,28,34). The molecule has 1 aromatic heterocycles. The van der Waals surface area contributed by atoms with Gasteiger partial charge in [0.1, 0.15) is 11.8 Å². The largest absolute Gasteiger partial charge is 0.495 e. The Morgan fingerprint density at radius 2 is 1.95 bits per heavy atom. The van der Waals surface area contributed by atoms with Crippen LogP contribution in [-0.4, -0.2) is 65.6 Å². The van der Waals surface area contributed by atoms with Crippen molar-refractivity contribution in [3.05, 3.63) is 77.1 Å². The van der Waals surface area contributed by atoms with Crippen LogP contribution >= 0.6 is 0 Å². The van der Waals surface area contributed by atoms with Crippen molar-refractivity contribution >= 4 is 11.6 Å². The molecule has 11 nitrogen and oxygen atoms in total. The van der Waals surface area contributed by atoms with E-state index in [1.807, 2.05) is 31.3 Å². The quantitative estimate of drug-likeness (QED) is 0.414. The summed E-state index contributed by atoms with van der Waals surface area (Å²) in [4.78, 5) is 15.3. The minimum atomic E-state index is -0.315. The van der Waals surface area contributed by atoms with E-state index in [1.165, 1.54) is 0 Å². The van der Waals surface area contributed by atoms with Gasteiger partial charge in [-0.3, -0.25) is 9.69 Å². The van der Waals surface area contributed by atoms with Crippen LogP contribution in [-0.2, 0) is 6.42 Å². The summed E-state index contributed by atoms with van der Waals surface area (Å²) in [5.41, 5.74) is 3.71. The van der Waals surface area contributed by atoms with Gasteiger partial charge < -0.3 is 24.3 Å². The number of para-hydroxylation sites is 2. The molecule has 1 N–H and O–H groups in total. The predicted molar refractivity (Wildman–Crippen MR) is 137 cm³/mol. The first-order valence-corrected chi connectivity index (χ1v) is 12.1. The molecule has 0 aliphatic carbocycles. The third-order valence-electron chi connectivity index (χ3n) is 6.84. The number of carbonyl (C=O) groups excluding carboxylic acids is 1. The van der Waals surface area contributed by atoms with Gasteiger partial charge in [0.25, 0.3) is 5.91 Å². The van der Waals surface area contributed by atoms with Crippen molar-refractivity contribution in [3.8, 4) is 28.7 Å². The minimum Gasteiger partial charge on any atom is -0.495 e. The number of likely N-dealkylation sites (N-methyl/N-ethyl adjacent to an activating group) is 1. The van der Waals surface area contributed by atoms with Crippen LogP contribution in [0.5, 0.6) is 23.0 Å². The van der Waals surface area contributed by atoms with Crippen molar-refractivity contribution < 1.29 is 23.7 Å². The summed E-state index contributed by atoms with van der Waals surface area (Å²) in [7, 11) is 5.21. The molecule has 0 fully saturated rings. The van der Waals surface area contributed by atoms with E-state index in [0.29, 0.717) is 45.8 Å². The molecule has 194 valence electrons. The number of hydrogen-bond acceptors (Lipinski definition) is 9. The van der Waals surface area contributed by atoms with Crippen molar-refractivity contribution in [1.82, 2.24) is 25.1 Å². The molecule has 11 heteroatoms. The predicted octanol–water partition coefficient (Wildman–Crippen LogP) is 3.24. The van der Waals surface area contributed by atoms with E-state index >= 15 is 0 Å². The molecule has 2 aliphatic rings. The average Bonchev–Trinajstić information content (AvgIpc) is 3.62. The molecular formula is C27H26N6O5. The minimum absolute atomic E-state index is 0.149. The van der Waals surface area contributed by atoms with Gasteiger partial charge in [-0.25, -0.2) is 0 Å². The monoisotopic (exact) mass is 514 g/mol. The molecule has 0 radical (unpaired) electrons. The second-order valence-corrected chi connectivity index (χ2v) is 9.00. The number of nitrogens with zero attached hydrogens (tertiary/aromatic N) is 5. The summed E-state index contributed by atoms with van der Waals surface area (Å²) in [6.07, 6.45) is 0.815. The Morgan fingerprint density at radius 3 is 2.79 bits per heavy atom. The van der Waals surface area contributed by atoms with Crippen LogP contribution in [0.25, 0.3) is 5.69 Å². The molecule has 0 bridgehead atoms. The third-order valence-corrected chi connectivity index (χ3v) is 6.84. The number of anilines is 1. The molecule has 1 amide bonds. The topological polar surface area (TPSA) is 113 Å². The highest BCUT2D eigenvalue weighted by Crippen LogP contribution is 2.50. The zero-order valence-corrected chi connectivity index (χ0v) is 21.2.